The maximum Gasteiger partial charge on any atom is 0.260 e. The Labute approximate surface area is 175 Å². The van der Waals surface area contributed by atoms with Crippen LogP contribution in [0, 0.1) is 0 Å². The van der Waals surface area contributed by atoms with E-state index >= 15 is 0 Å². The van der Waals surface area contributed by atoms with Crippen molar-refractivity contribution >= 4 is 21.8 Å². The number of likely N-dealkylation sites (tertiary alicyclic amines) is 1. The van der Waals surface area contributed by atoms with Gasteiger partial charge in [-0.2, -0.15) is 0 Å². The van der Waals surface area contributed by atoms with Crippen LogP contribution in [-0.4, -0.2) is 43.7 Å². The lowest BCUT2D eigenvalue weighted by atomic mass is 10.1. The second-order valence-electron chi connectivity index (χ2n) is 6.99. The number of ether oxygens (including phenoxy) is 2. The van der Waals surface area contributed by atoms with E-state index in [4.69, 9.17) is 9.47 Å². The van der Waals surface area contributed by atoms with E-state index in [9.17, 15) is 4.79 Å². The molecule has 1 N–H and O–H groups in total. The lowest BCUT2D eigenvalue weighted by molar-refractivity contribution is -0.127. The summed E-state index contributed by atoms with van der Waals surface area (Å²) in [5.41, 5.74) is 1.18. The van der Waals surface area contributed by atoms with Crippen LogP contribution in [0.3, 0.4) is 0 Å². The molecule has 0 bridgehead atoms. The zero-order chi connectivity index (χ0) is 19.9. The molecule has 0 spiro atoms. The van der Waals surface area contributed by atoms with Crippen LogP contribution in [0.5, 0.6) is 11.5 Å². The summed E-state index contributed by atoms with van der Waals surface area (Å²) in [6.45, 7) is 4.43. The average Bonchev–Trinajstić information content (AvgIpc) is 3.24. The highest BCUT2D eigenvalue weighted by molar-refractivity contribution is 9.10. The molecule has 28 heavy (non-hydrogen) atoms. The molecule has 1 fully saturated rings. The standard InChI is InChI=1S/C22H27BrN2O3/c1-16(28-20-11-7-18(23)8-12-20)22(26)24-15-21(25-13-3-4-14-25)17-5-9-19(27-2)10-6-17/h5-12,16,21H,3-4,13-15H2,1-2H3,(H,24,26)/t16-,21-/m0/s1. The first-order chi connectivity index (χ1) is 13.6. The number of methoxy groups -OCH3 is 1. The van der Waals surface area contributed by atoms with Crippen molar-refractivity contribution in [2.75, 3.05) is 26.7 Å². The van der Waals surface area contributed by atoms with E-state index in [2.05, 4.69) is 38.3 Å². The number of hydrogen-bond acceptors (Lipinski definition) is 4. The Morgan fingerprint density at radius 3 is 2.29 bits per heavy atom. The number of carbonyl (C=O) groups excluding carboxylic acids is 1. The van der Waals surface area contributed by atoms with Crippen molar-refractivity contribution in [3.8, 4) is 11.5 Å². The van der Waals surface area contributed by atoms with Gasteiger partial charge in [-0.1, -0.05) is 28.1 Å². The molecule has 2 aromatic carbocycles. The highest BCUT2D eigenvalue weighted by Crippen LogP contribution is 2.26. The van der Waals surface area contributed by atoms with Gasteiger partial charge >= 0.3 is 0 Å². The van der Waals surface area contributed by atoms with Crippen molar-refractivity contribution in [1.82, 2.24) is 10.2 Å². The molecule has 2 atom stereocenters. The molecule has 3 rings (SSSR count). The Kier molecular flexibility index (Phi) is 7.34. The summed E-state index contributed by atoms with van der Waals surface area (Å²) in [5, 5.41) is 3.07. The largest absolute Gasteiger partial charge is 0.497 e. The fourth-order valence-corrected chi connectivity index (χ4v) is 3.71. The van der Waals surface area contributed by atoms with Gasteiger partial charge in [0.1, 0.15) is 11.5 Å². The number of rotatable bonds is 8. The van der Waals surface area contributed by atoms with Crippen LogP contribution >= 0.6 is 15.9 Å². The van der Waals surface area contributed by atoms with Crippen molar-refractivity contribution in [3.63, 3.8) is 0 Å². The maximum atomic E-state index is 12.6. The minimum atomic E-state index is -0.559. The lowest BCUT2D eigenvalue weighted by Gasteiger charge is -2.29. The minimum absolute atomic E-state index is 0.111. The molecule has 150 valence electrons. The molecule has 1 amide bonds. The molecule has 0 aromatic heterocycles. The van der Waals surface area contributed by atoms with Gasteiger partial charge in [0.05, 0.1) is 13.2 Å². The molecule has 6 heteroatoms. The van der Waals surface area contributed by atoms with E-state index in [1.807, 2.05) is 36.4 Å². The fourth-order valence-electron chi connectivity index (χ4n) is 3.45. The summed E-state index contributed by atoms with van der Waals surface area (Å²) in [4.78, 5) is 15.0. The van der Waals surface area contributed by atoms with E-state index in [-0.39, 0.29) is 11.9 Å². The topological polar surface area (TPSA) is 50.8 Å². The molecular weight excluding hydrogens is 420 g/mol. The van der Waals surface area contributed by atoms with E-state index < -0.39 is 6.10 Å². The SMILES string of the molecule is COc1ccc([C@H](CNC(=O)[C@H](C)Oc2ccc(Br)cc2)N2CCCC2)cc1. The number of halogens is 1. The van der Waals surface area contributed by atoms with Crippen LogP contribution in [0.15, 0.2) is 53.0 Å². The molecule has 0 saturated carbocycles. The maximum absolute atomic E-state index is 12.6. The van der Waals surface area contributed by atoms with Gasteiger partial charge in [0.15, 0.2) is 6.10 Å². The number of nitrogens with one attached hydrogen (secondary N) is 1. The van der Waals surface area contributed by atoms with E-state index in [1.165, 1.54) is 18.4 Å². The second-order valence-corrected chi connectivity index (χ2v) is 7.91. The third kappa shape index (κ3) is 5.49. The van der Waals surface area contributed by atoms with E-state index in [0.29, 0.717) is 12.3 Å². The van der Waals surface area contributed by atoms with Gasteiger partial charge in [-0.05, 0) is 74.8 Å². The Hall–Kier alpha value is -2.05. The third-order valence-electron chi connectivity index (χ3n) is 5.05. The minimum Gasteiger partial charge on any atom is -0.497 e. The van der Waals surface area contributed by atoms with Gasteiger partial charge in [-0.15, -0.1) is 0 Å². The second kappa shape index (κ2) is 9.94. The van der Waals surface area contributed by atoms with Crippen LogP contribution in [0.4, 0.5) is 0 Å². The molecule has 5 nitrogen and oxygen atoms in total. The fraction of sp³-hybridized carbons (Fsp3) is 0.409. The molecular formula is C22H27BrN2O3. The average molecular weight is 447 g/mol. The van der Waals surface area contributed by atoms with Crippen LogP contribution in [-0.2, 0) is 4.79 Å². The highest BCUT2D eigenvalue weighted by atomic mass is 79.9. The van der Waals surface area contributed by atoms with Gasteiger partial charge < -0.3 is 14.8 Å². The lowest BCUT2D eigenvalue weighted by Crippen LogP contribution is -2.42. The smallest absolute Gasteiger partial charge is 0.260 e. The molecule has 1 aliphatic rings. The van der Waals surface area contributed by atoms with Gasteiger partial charge in [0, 0.05) is 11.0 Å². The van der Waals surface area contributed by atoms with E-state index in [0.717, 1.165) is 23.3 Å². The predicted octanol–water partition coefficient (Wildman–Crippen LogP) is 4.18. The monoisotopic (exact) mass is 446 g/mol. The molecule has 0 unspecified atom stereocenters. The summed E-state index contributed by atoms with van der Waals surface area (Å²) in [6.07, 6.45) is 1.84. The van der Waals surface area contributed by atoms with Gasteiger partial charge in [-0.3, -0.25) is 9.69 Å². The summed E-state index contributed by atoms with van der Waals surface area (Å²) in [7, 11) is 1.67. The zero-order valence-corrected chi connectivity index (χ0v) is 17.9. The highest BCUT2D eigenvalue weighted by Gasteiger charge is 2.25. The Morgan fingerprint density at radius 1 is 1.07 bits per heavy atom. The van der Waals surface area contributed by atoms with Gasteiger partial charge in [-0.25, -0.2) is 0 Å². The summed E-state index contributed by atoms with van der Waals surface area (Å²) < 4.78 is 12.0. The normalized spacial score (nSPS) is 16.4. The summed E-state index contributed by atoms with van der Waals surface area (Å²) >= 11 is 3.40. The van der Waals surface area contributed by atoms with Crippen molar-refractivity contribution in [3.05, 3.63) is 58.6 Å². The number of carbonyl (C=O) groups is 1. The molecule has 2 aromatic rings. The zero-order valence-electron chi connectivity index (χ0n) is 16.4. The van der Waals surface area contributed by atoms with Crippen molar-refractivity contribution < 1.29 is 14.3 Å². The Morgan fingerprint density at radius 2 is 1.68 bits per heavy atom. The molecule has 1 saturated heterocycles. The molecule has 0 aliphatic carbocycles. The van der Waals surface area contributed by atoms with E-state index in [1.54, 1.807) is 14.0 Å². The first kappa shape index (κ1) is 20.7. The molecule has 0 radical (unpaired) electrons. The van der Waals surface area contributed by atoms with Gasteiger partial charge in [0.2, 0.25) is 0 Å². The van der Waals surface area contributed by atoms with Crippen LogP contribution in [0.2, 0.25) is 0 Å². The van der Waals surface area contributed by atoms with Crippen molar-refractivity contribution in [2.45, 2.75) is 31.9 Å². The van der Waals surface area contributed by atoms with Crippen LogP contribution in [0.25, 0.3) is 0 Å². The number of benzene rings is 2. The summed E-state index contributed by atoms with van der Waals surface area (Å²) in [6, 6.07) is 15.7. The molecule has 1 heterocycles. The number of nitrogens with zero attached hydrogens (tertiary/aromatic N) is 1. The van der Waals surface area contributed by atoms with Crippen LogP contribution in [0.1, 0.15) is 31.4 Å². The number of hydrogen-bond donors (Lipinski definition) is 1. The van der Waals surface area contributed by atoms with Crippen LogP contribution < -0.4 is 14.8 Å². The Balaban J connectivity index is 1.61. The summed E-state index contributed by atoms with van der Waals surface area (Å²) in [5.74, 6) is 1.40. The Bertz CT molecular complexity index is 758. The predicted molar refractivity (Wildman–Crippen MR) is 114 cm³/mol. The quantitative estimate of drug-likeness (QED) is 0.660. The molecule has 1 aliphatic heterocycles. The first-order valence-corrected chi connectivity index (χ1v) is 10.4. The third-order valence-corrected chi connectivity index (χ3v) is 5.58. The van der Waals surface area contributed by atoms with Crippen molar-refractivity contribution in [1.29, 1.82) is 0 Å². The number of amides is 1. The van der Waals surface area contributed by atoms with Gasteiger partial charge in [0.25, 0.3) is 5.91 Å². The van der Waals surface area contributed by atoms with Crippen molar-refractivity contribution in [2.24, 2.45) is 0 Å². The first-order valence-electron chi connectivity index (χ1n) is 9.65.